The van der Waals surface area contributed by atoms with Crippen molar-refractivity contribution < 1.29 is 22.6 Å². The molecule has 1 aromatic heterocycles. The van der Waals surface area contributed by atoms with Gasteiger partial charge < -0.3 is 15.2 Å². The monoisotopic (exact) mass is 318 g/mol. The summed E-state index contributed by atoms with van der Waals surface area (Å²) in [7, 11) is 0. The topological polar surface area (TPSA) is 57.4 Å². The summed E-state index contributed by atoms with van der Waals surface area (Å²) in [6, 6.07) is 1.92. The summed E-state index contributed by atoms with van der Waals surface area (Å²) in [5, 5.41) is 0. The molecule has 114 valence electrons. The molecule has 2 rings (SSSR count). The van der Waals surface area contributed by atoms with E-state index < -0.39 is 18.2 Å². The van der Waals surface area contributed by atoms with Gasteiger partial charge in [-0.15, -0.1) is 11.3 Å². The normalized spacial score (nSPS) is 10.9. The molecule has 0 aliphatic heterocycles. The number of aromatic nitrogens is 1. The van der Waals surface area contributed by atoms with Crippen molar-refractivity contribution in [3.8, 4) is 11.5 Å². The molecule has 0 bridgehead atoms. The molecule has 0 fully saturated rings. The van der Waals surface area contributed by atoms with Crippen molar-refractivity contribution >= 4 is 17.0 Å². The highest BCUT2D eigenvalue weighted by Gasteiger charge is 2.14. The van der Waals surface area contributed by atoms with E-state index in [1.807, 2.05) is 6.92 Å². The lowest BCUT2D eigenvalue weighted by molar-refractivity contribution is -0.0522. The molecule has 1 heterocycles. The fourth-order valence-electron chi connectivity index (χ4n) is 1.68. The standard InChI is InChI=1S/C13H13F3N2O2S/c1-7-12(21-6-18-7)2-3-19-11-5-10(20-13(15)16)8(14)4-9(11)17/h4-6,13H,2-3,17H2,1H3. The number of hydrogen-bond acceptors (Lipinski definition) is 5. The van der Waals surface area contributed by atoms with Gasteiger partial charge in [0.05, 0.1) is 23.5 Å². The van der Waals surface area contributed by atoms with E-state index in [1.165, 1.54) is 11.3 Å². The molecule has 8 heteroatoms. The summed E-state index contributed by atoms with van der Waals surface area (Å²) < 4.78 is 47.2. The SMILES string of the molecule is Cc1ncsc1CCOc1cc(OC(F)F)c(F)cc1N. The first-order valence-corrected chi connectivity index (χ1v) is 6.91. The predicted octanol–water partition coefficient (Wildman–Crippen LogP) is 3.40. The fraction of sp³-hybridized carbons (Fsp3) is 0.308. The van der Waals surface area contributed by atoms with E-state index in [-0.39, 0.29) is 18.0 Å². The second-order valence-corrected chi connectivity index (χ2v) is 5.10. The van der Waals surface area contributed by atoms with E-state index in [1.54, 1.807) is 5.51 Å². The second kappa shape index (κ2) is 6.66. The van der Waals surface area contributed by atoms with Gasteiger partial charge in [0.1, 0.15) is 5.75 Å². The van der Waals surface area contributed by atoms with Crippen molar-refractivity contribution in [2.24, 2.45) is 0 Å². The maximum atomic E-state index is 13.4. The summed E-state index contributed by atoms with van der Waals surface area (Å²) in [5.41, 5.74) is 8.26. The number of alkyl halides is 2. The van der Waals surface area contributed by atoms with Gasteiger partial charge in [-0.1, -0.05) is 0 Å². The van der Waals surface area contributed by atoms with Crippen molar-refractivity contribution in [3.63, 3.8) is 0 Å². The molecular formula is C13H13F3N2O2S. The number of rotatable bonds is 6. The first-order chi connectivity index (χ1) is 9.97. The molecule has 4 nitrogen and oxygen atoms in total. The van der Waals surface area contributed by atoms with E-state index in [2.05, 4.69) is 9.72 Å². The highest BCUT2D eigenvalue weighted by atomic mass is 32.1. The average Bonchev–Trinajstić information content (AvgIpc) is 2.80. The Kier molecular flexibility index (Phi) is 4.89. The van der Waals surface area contributed by atoms with Crippen molar-refractivity contribution in [2.45, 2.75) is 20.0 Å². The lowest BCUT2D eigenvalue weighted by Gasteiger charge is -2.12. The minimum absolute atomic E-state index is 0.0233. The number of nitrogen functional groups attached to an aromatic ring is 1. The number of hydrogen-bond donors (Lipinski definition) is 1. The molecule has 0 radical (unpaired) electrons. The minimum Gasteiger partial charge on any atom is -0.491 e. The third kappa shape index (κ3) is 4.01. The Labute approximate surface area is 123 Å². The molecule has 0 atom stereocenters. The molecule has 1 aromatic carbocycles. The van der Waals surface area contributed by atoms with E-state index >= 15 is 0 Å². The molecule has 0 amide bonds. The second-order valence-electron chi connectivity index (χ2n) is 4.16. The molecule has 2 N–H and O–H groups in total. The Morgan fingerprint density at radius 3 is 2.71 bits per heavy atom. The van der Waals surface area contributed by atoms with Crippen LogP contribution in [0, 0.1) is 12.7 Å². The average molecular weight is 318 g/mol. The number of nitrogens with zero attached hydrogens (tertiary/aromatic N) is 1. The van der Waals surface area contributed by atoms with Crippen LogP contribution in [0.2, 0.25) is 0 Å². The van der Waals surface area contributed by atoms with Gasteiger partial charge in [-0.25, -0.2) is 9.37 Å². The molecule has 0 saturated carbocycles. The fourth-order valence-corrected chi connectivity index (χ4v) is 2.44. The summed E-state index contributed by atoms with van der Waals surface area (Å²) in [6.07, 6.45) is 0.596. The number of benzene rings is 1. The first kappa shape index (κ1) is 15.4. The Morgan fingerprint density at radius 2 is 2.10 bits per heavy atom. The van der Waals surface area contributed by atoms with Crippen LogP contribution in [0.5, 0.6) is 11.5 Å². The van der Waals surface area contributed by atoms with Crippen molar-refractivity contribution in [1.29, 1.82) is 0 Å². The van der Waals surface area contributed by atoms with Gasteiger partial charge in [0.15, 0.2) is 11.6 Å². The van der Waals surface area contributed by atoms with Crippen LogP contribution in [0.4, 0.5) is 18.9 Å². The van der Waals surface area contributed by atoms with Crippen molar-refractivity contribution in [3.05, 3.63) is 34.0 Å². The van der Waals surface area contributed by atoms with Gasteiger partial charge >= 0.3 is 6.61 Å². The van der Waals surface area contributed by atoms with Crippen molar-refractivity contribution in [1.82, 2.24) is 4.98 Å². The zero-order chi connectivity index (χ0) is 15.4. The van der Waals surface area contributed by atoms with E-state index in [0.29, 0.717) is 6.42 Å². The third-order valence-electron chi connectivity index (χ3n) is 2.71. The predicted molar refractivity (Wildman–Crippen MR) is 73.5 cm³/mol. The van der Waals surface area contributed by atoms with Crippen LogP contribution in [0.3, 0.4) is 0 Å². The number of thiazole rings is 1. The Bertz CT molecular complexity index is 619. The molecule has 0 aliphatic carbocycles. The van der Waals surface area contributed by atoms with Gasteiger partial charge in [0.2, 0.25) is 0 Å². The molecule has 21 heavy (non-hydrogen) atoms. The van der Waals surface area contributed by atoms with Crippen LogP contribution in [0.25, 0.3) is 0 Å². The summed E-state index contributed by atoms with van der Waals surface area (Å²) in [5.74, 6) is -1.45. The first-order valence-electron chi connectivity index (χ1n) is 6.03. The summed E-state index contributed by atoms with van der Waals surface area (Å²) >= 11 is 1.50. The van der Waals surface area contributed by atoms with Crippen molar-refractivity contribution in [2.75, 3.05) is 12.3 Å². The summed E-state index contributed by atoms with van der Waals surface area (Å²) in [6.45, 7) is -0.963. The highest BCUT2D eigenvalue weighted by molar-refractivity contribution is 7.09. The van der Waals surface area contributed by atoms with E-state index in [4.69, 9.17) is 10.5 Å². The number of anilines is 1. The Hall–Kier alpha value is -1.96. The lowest BCUT2D eigenvalue weighted by Crippen LogP contribution is -2.07. The smallest absolute Gasteiger partial charge is 0.387 e. The molecule has 0 saturated heterocycles. The number of nitrogens with two attached hydrogens (primary N) is 1. The molecule has 0 spiro atoms. The Morgan fingerprint density at radius 1 is 1.33 bits per heavy atom. The van der Waals surface area contributed by atoms with E-state index in [9.17, 15) is 13.2 Å². The van der Waals surface area contributed by atoms with Crippen LogP contribution in [-0.4, -0.2) is 18.2 Å². The van der Waals surface area contributed by atoms with Crippen LogP contribution in [0.15, 0.2) is 17.6 Å². The summed E-state index contributed by atoms with van der Waals surface area (Å²) in [4.78, 5) is 5.16. The van der Waals surface area contributed by atoms with Gasteiger partial charge in [0.25, 0.3) is 0 Å². The molecule has 2 aromatic rings. The zero-order valence-electron chi connectivity index (χ0n) is 11.1. The quantitative estimate of drug-likeness (QED) is 0.829. The van der Waals surface area contributed by atoms with Crippen LogP contribution < -0.4 is 15.2 Å². The third-order valence-corrected chi connectivity index (χ3v) is 3.71. The lowest BCUT2D eigenvalue weighted by atomic mass is 10.2. The van der Waals surface area contributed by atoms with Gasteiger partial charge in [-0.2, -0.15) is 8.78 Å². The Balaban J connectivity index is 2.03. The molecule has 0 aliphatic rings. The van der Waals surface area contributed by atoms with Crippen LogP contribution in [0.1, 0.15) is 10.6 Å². The highest BCUT2D eigenvalue weighted by Crippen LogP contribution is 2.31. The minimum atomic E-state index is -3.11. The molecule has 0 unspecified atom stereocenters. The van der Waals surface area contributed by atoms with Gasteiger partial charge in [0, 0.05) is 23.4 Å². The number of halogens is 3. The van der Waals surface area contributed by atoms with Gasteiger partial charge in [-0.05, 0) is 6.92 Å². The number of aryl methyl sites for hydroxylation is 1. The zero-order valence-corrected chi connectivity index (χ0v) is 11.9. The van der Waals surface area contributed by atoms with E-state index in [0.717, 1.165) is 22.7 Å². The van der Waals surface area contributed by atoms with Crippen LogP contribution >= 0.6 is 11.3 Å². The largest absolute Gasteiger partial charge is 0.491 e. The van der Waals surface area contributed by atoms with Crippen LogP contribution in [-0.2, 0) is 6.42 Å². The maximum Gasteiger partial charge on any atom is 0.387 e. The molecular weight excluding hydrogens is 305 g/mol. The maximum absolute atomic E-state index is 13.4. The number of ether oxygens (including phenoxy) is 2. The van der Waals surface area contributed by atoms with Gasteiger partial charge in [-0.3, -0.25) is 0 Å².